The molecule has 3 aliphatic heterocycles. The molecular weight excluding hydrogens is 548 g/mol. The molecular formula is C22H38N2O16. The van der Waals surface area contributed by atoms with E-state index in [1.54, 1.807) is 0 Å². The molecule has 40 heavy (non-hydrogen) atoms. The number of carbonyl (C=O) groups excluding carboxylic acids is 2. The van der Waals surface area contributed by atoms with Crippen LogP contribution in [0.4, 0.5) is 0 Å². The maximum atomic E-state index is 11.8. The molecule has 11 N–H and O–H groups in total. The number of carbonyl (C=O) groups is 2. The Morgan fingerprint density at radius 2 is 1.18 bits per heavy atom. The molecule has 0 saturated carbocycles. The normalized spacial score (nSPS) is 46.0. The van der Waals surface area contributed by atoms with Crippen molar-refractivity contribution in [3.63, 3.8) is 0 Å². The van der Waals surface area contributed by atoms with Gasteiger partial charge in [-0.2, -0.15) is 0 Å². The van der Waals surface area contributed by atoms with Gasteiger partial charge in [-0.25, -0.2) is 0 Å². The second-order valence-corrected chi connectivity index (χ2v) is 9.85. The van der Waals surface area contributed by atoms with E-state index in [9.17, 15) is 55.5 Å². The summed E-state index contributed by atoms with van der Waals surface area (Å²) in [5.41, 5.74) is 0. The van der Waals surface area contributed by atoms with Gasteiger partial charge in [0.2, 0.25) is 11.8 Å². The van der Waals surface area contributed by atoms with E-state index in [1.165, 1.54) is 0 Å². The van der Waals surface area contributed by atoms with E-state index >= 15 is 0 Å². The number of aliphatic hydroxyl groups is 9. The Morgan fingerprint density at radius 1 is 0.650 bits per heavy atom. The summed E-state index contributed by atoms with van der Waals surface area (Å²) in [4.78, 5) is 23.4. The van der Waals surface area contributed by atoms with Gasteiger partial charge in [-0.3, -0.25) is 9.59 Å². The van der Waals surface area contributed by atoms with Crippen LogP contribution in [-0.2, 0) is 33.3 Å². The molecule has 0 aromatic rings. The lowest BCUT2D eigenvalue weighted by Crippen LogP contribution is -2.68. The zero-order valence-electron chi connectivity index (χ0n) is 21.7. The first kappa shape index (κ1) is 32.9. The van der Waals surface area contributed by atoms with Crippen molar-refractivity contribution in [3.8, 4) is 0 Å². The van der Waals surface area contributed by atoms with E-state index in [4.69, 9.17) is 23.7 Å². The van der Waals surface area contributed by atoms with Crippen LogP contribution in [0.1, 0.15) is 13.8 Å². The van der Waals surface area contributed by atoms with Crippen molar-refractivity contribution in [1.82, 2.24) is 10.6 Å². The van der Waals surface area contributed by atoms with Crippen molar-refractivity contribution in [1.29, 1.82) is 0 Å². The first-order valence-electron chi connectivity index (χ1n) is 12.6. The van der Waals surface area contributed by atoms with Gasteiger partial charge in [-0.1, -0.05) is 0 Å². The number of ether oxygens (including phenoxy) is 5. The van der Waals surface area contributed by atoms with Crippen LogP contribution in [0.5, 0.6) is 0 Å². The number of amides is 2. The summed E-state index contributed by atoms with van der Waals surface area (Å²) in [6.45, 7) is 0.184. The summed E-state index contributed by atoms with van der Waals surface area (Å²) >= 11 is 0. The Hall–Kier alpha value is -1.62. The monoisotopic (exact) mass is 586 g/mol. The van der Waals surface area contributed by atoms with Crippen LogP contribution in [0.3, 0.4) is 0 Å². The van der Waals surface area contributed by atoms with Crippen LogP contribution < -0.4 is 10.6 Å². The van der Waals surface area contributed by atoms with E-state index in [0.29, 0.717) is 0 Å². The van der Waals surface area contributed by atoms with Crippen LogP contribution in [-0.4, -0.2) is 170 Å². The molecule has 15 atom stereocenters. The number of hydrogen-bond acceptors (Lipinski definition) is 16. The molecule has 0 radical (unpaired) electrons. The number of aliphatic hydroxyl groups excluding tert-OH is 9. The minimum atomic E-state index is -1.87. The summed E-state index contributed by atoms with van der Waals surface area (Å²) in [5, 5.41) is 96.3. The lowest BCUT2D eigenvalue weighted by molar-refractivity contribution is -0.345. The summed E-state index contributed by atoms with van der Waals surface area (Å²) in [7, 11) is 0. The molecule has 232 valence electrons. The topological polar surface area (TPSA) is 286 Å². The Kier molecular flexibility index (Phi) is 11.5. The summed E-state index contributed by atoms with van der Waals surface area (Å²) in [6.07, 6.45) is -21.0. The van der Waals surface area contributed by atoms with E-state index < -0.39 is 124 Å². The second kappa shape index (κ2) is 14.0. The lowest BCUT2D eigenvalue weighted by Gasteiger charge is -2.47. The van der Waals surface area contributed by atoms with Crippen LogP contribution in [0, 0.1) is 0 Å². The standard InChI is InChI=1S/C22H38N2O16/c1-6(27)23-11-16(32)13(29)8(3-25)38-21(11)36-5-10-15(31)19(12(20(35)37-10)24-7(2)28)40-22-18(34)17(33)14(30)9(4-26)39-22/h8-22,25-26,29-35H,3-5H2,1-2H3,(H,23,27)(H,24,28)/t8-,9-,10-,11-,12-,13-,14+,15+,16-,17+,18-,19-,20?,21-,22+/m1/s1. The predicted molar refractivity (Wildman–Crippen MR) is 124 cm³/mol. The molecule has 0 aliphatic carbocycles. The zero-order valence-corrected chi connectivity index (χ0v) is 21.7. The third kappa shape index (κ3) is 7.23. The molecule has 18 heteroatoms. The van der Waals surface area contributed by atoms with Gasteiger partial charge in [0.1, 0.15) is 73.1 Å². The molecule has 3 saturated heterocycles. The number of hydrogen-bond donors (Lipinski definition) is 11. The highest BCUT2D eigenvalue weighted by molar-refractivity contribution is 5.73. The molecule has 18 nitrogen and oxygen atoms in total. The highest BCUT2D eigenvalue weighted by Gasteiger charge is 2.52. The minimum absolute atomic E-state index is 0.596. The molecule has 3 aliphatic rings. The Balaban J connectivity index is 1.78. The van der Waals surface area contributed by atoms with Crippen LogP contribution in [0.2, 0.25) is 0 Å². The third-order valence-corrected chi connectivity index (χ3v) is 6.88. The van der Waals surface area contributed by atoms with Crippen molar-refractivity contribution < 1.29 is 79.2 Å². The maximum absolute atomic E-state index is 11.8. The van der Waals surface area contributed by atoms with Gasteiger partial charge in [0.25, 0.3) is 0 Å². The maximum Gasteiger partial charge on any atom is 0.217 e. The summed E-state index contributed by atoms with van der Waals surface area (Å²) in [5.74, 6) is -1.26. The molecule has 3 rings (SSSR count). The third-order valence-electron chi connectivity index (χ3n) is 6.88. The smallest absolute Gasteiger partial charge is 0.217 e. The molecule has 2 amide bonds. The lowest BCUT2D eigenvalue weighted by atomic mass is 9.95. The van der Waals surface area contributed by atoms with E-state index in [2.05, 4.69) is 10.6 Å². The van der Waals surface area contributed by atoms with Gasteiger partial charge in [0.05, 0.1) is 19.8 Å². The second-order valence-electron chi connectivity index (χ2n) is 9.85. The fourth-order valence-electron chi connectivity index (χ4n) is 4.76. The predicted octanol–water partition coefficient (Wildman–Crippen LogP) is -7.29. The molecule has 3 heterocycles. The van der Waals surface area contributed by atoms with Gasteiger partial charge < -0.3 is 80.3 Å². The Labute approximate surface area is 228 Å². The van der Waals surface area contributed by atoms with Gasteiger partial charge in [-0.05, 0) is 0 Å². The van der Waals surface area contributed by atoms with Crippen LogP contribution >= 0.6 is 0 Å². The largest absolute Gasteiger partial charge is 0.394 e. The molecule has 0 aromatic heterocycles. The first-order chi connectivity index (χ1) is 18.8. The average Bonchev–Trinajstić information content (AvgIpc) is 2.90. The molecule has 1 unspecified atom stereocenters. The summed E-state index contributed by atoms with van der Waals surface area (Å²) in [6, 6.07) is -2.75. The molecule has 0 spiro atoms. The molecule has 0 aromatic carbocycles. The minimum Gasteiger partial charge on any atom is -0.394 e. The average molecular weight is 587 g/mol. The van der Waals surface area contributed by atoms with E-state index in [1.807, 2.05) is 0 Å². The summed E-state index contributed by atoms with van der Waals surface area (Å²) < 4.78 is 27.4. The van der Waals surface area contributed by atoms with Crippen LogP contribution in [0.25, 0.3) is 0 Å². The van der Waals surface area contributed by atoms with Gasteiger partial charge in [0.15, 0.2) is 18.9 Å². The number of rotatable bonds is 9. The number of nitrogens with one attached hydrogen (secondary N) is 2. The van der Waals surface area contributed by atoms with Gasteiger partial charge in [-0.15, -0.1) is 0 Å². The molecule has 3 fully saturated rings. The highest BCUT2D eigenvalue weighted by Crippen LogP contribution is 2.30. The zero-order chi connectivity index (χ0) is 29.9. The fraction of sp³-hybridized carbons (Fsp3) is 0.909. The van der Waals surface area contributed by atoms with E-state index in [-0.39, 0.29) is 0 Å². The fourth-order valence-corrected chi connectivity index (χ4v) is 4.76. The Bertz CT molecular complexity index is 852. The Morgan fingerprint density at radius 3 is 1.73 bits per heavy atom. The van der Waals surface area contributed by atoms with Crippen LogP contribution in [0.15, 0.2) is 0 Å². The quantitative estimate of drug-likeness (QED) is 0.120. The van der Waals surface area contributed by atoms with Crippen molar-refractivity contribution in [2.24, 2.45) is 0 Å². The van der Waals surface area contributed by atoms with Gasteiger partial charge in [0, 0.05) is 13.8 Å². The van der Waals surface area contributed by atoms with E-state index in [0.717, 1.165) is 13.8 Å². The van der Waals surface area contributed by atoms with Crippen molar-refractivity contribution in [2.45, 2.75) is 106 Å². The van der Waals surface area contributed by atoms with Gasteiger partial charge >= 0.3 is 0 Å². The molecule has 0 bridgehead atoms. The van der Waals surface area contributed by atoms with Crippen molar-refractivity contribution >= 4 is 11.8 Å². The van der Waals surface area contributed by atoms with Crippen molar-refractivity contribution in [2.75, 3.05) is 19.8 Å². The SMILES string of the molecule is CC(=O)N[C@H]1[C@H](OC[C@H]2OC(O)[C@H](NC(C)=O)[C@@H](O[C@@H]3O[C@H](CO)[C@H](O)[C@H](O)[C@H]3O)[C@H]2O)O[C@H](CO)[C@@H](O)[C@@H]1O. The van der Waals surface area contributed by atoms with Crippen molar-refractivity contribution in [3.05, 3.63) is 0 Å². The highest BCUT2D eigenvalue weighted by atomic mass is 16.7. The first-order valence-corrected chi connectivity index (χ1v) is 12.6.